The molecule has 2 nitrogen and oxygen atoms in total. The first kappa shape index (κ1) is 10.6. The molecule has 0 N–H and O–H groups in total. The second-order valence-electron chi connectivity index (χ2n) is 4.47. The summed E-state index contributed by atoms with van der Waals surface area (Å²) in [5.74, 6) is 0. The van der Waals surface area contributed by atoms with Gasteiger partial charge in [-0.1, -0.05) is 36.4 Å². The van der Waals surface area contributed by atoms with E-state index in [2.05, 4.69) is 47.4 Å². The van der Waals surface area contributed by atoms with Crippen LogP contribution in [0.4, 0.5) is 0 Å². The quantitative estimate of drug-likeness (QED) is 0.770. The van der Waals surface area contributed by atoms with Gasteiger partial charge in [-0.15, -0.1) is 0 Å². The highest BCUT2D eigenvalue weighted by Gasteiger charge is 2.16. The number of morpholine rings is 1. The molecule has 1 aromatic rings. The molecular weight excluding hydrogens is 210 g/mol. The molecule has 1 heterocycles. The highest BCUT2D eigenvalue weighted by atomic mass is 16.5. The van der Waals surface area contributed by atoms with Gasteiger partial charge in [-0.2, -0.15) is 0 Å². The number of rotatable bonds is 2. The third-order valence-electron chi connectivity index (χ3n) is 3.37. The van der Waals surface area contributed by atoms with Crippen molar-refractivity contribution >= 4 is 5.57 Å². The molecule has 2 aliphatic rings. The predicted octanol–water partition coefficient (Wildman–Crippen LogP) is 2.69. The first-order chi connectivity index (χ1) is 8.43. The van der Waals surface area contributed by atoms with Gasteiger partial charge in [0.2, 0.25) is 0 Å². The Kier molecular flexibility index (Phi) is 2.97. The summed E-state index contributed by atoms with van der Waals surface area (Å²) in [6.45, 7) is 3.74. The topological polar surface area (TPSA) is 12.5 Å². The fourth-order valence-electron chi connectivity index (χ4n) is 2.41. The van der Waals surface area contributed by atoms with Gasteiger partial charge in [-0.3, -0.25) is 0 Å². The summed E-state index contributed by atoms with van der Waals surface area (Å²) in [5, 5.41) is 0. The predicted molar refractivity (Wildman–Crippen MR) is 69.5 cm³/mol. The van der Waals surface area contributed by atoms with Crippen LogP contribution in [0.2, 0.25) is 0 Å². The Balaban J connectivity index is 1.75. The molecule has 0 unspecified atom stereocenters. The highest BCUT2D eigenvalue weighted by Crippen LogP contribution is 2.28. The van der Waals surface area contributed by atoms with E-state index in [-0.39, 0.29) is 0 Å². The Morgan fingerprint density at radius 3 is 2.53 bits per heavy atom. The van der Waals surface area contributed by atoms with Crippen molar-refractivity contribution in [1.82, 2.24) is 4.90 Å². The van der Waals surface area contributed by atoms with Gasteiger partial charge in [-0.05, 0) is 23.6 Å². The zero-order valence-corrected chi connectivity index (χ0v) is 9.93. The van der Waals surface area contributed by atoms with Crippen molar-refractivity contribution in [3.05, 3.63) is 53.7 Å². The van der Waals surface area contributed by atoms with Gasteiger partial charge in [0.15, 0.2) is 0 Å². The molecule has 2 heteroatoms. The molecule has 3 rings (SSSR count). The molecule has 0 bridgehead atoms. The largest absolute Gasteiger partial charge is 0.378 e. The maximum absolute atomic E-state index is 5.38. The summed E-state index contributed by atoms with van der Waals surface area (Å²) in [7, 11) is 0. The van der Waals surface area contributed by atoms with E-state index in [9.17, 15) is 0 Å². The molecular formula is C15H17NO. The zero-order chi connectivity index (χ0) is 11.5. The molecule has 1 fully saturated rings. The maximum Gasteiger partial charge on any atom is 0.0642 e. The van der Waals surface area contributed by atoms with Crippen molar-refractivity contribution in [3.63, 3.8) is 0 Å². The van der Waals surface area contributed by atoms with Crippen LogP contribution in [-0.4, -0.2) is 31.2 Å². The van der Waals surface area contributed by atoms with Crippen LogP contribution >= 0.6 is 0 Å². The summed E-state index contributed by atoms with van der Waals surface area (Å²) >= 11 is 0. The van der Waals surface area contributed by atoms with Crippen molar-refractivity contribution < 1.29 is 4.74 Å². The average Bonchev–Trinajstić information content (AvgIpc) is 2.90. The van der Waals surface area contributed by atoms with Crippen LogP contribution in [0.1, 0.15) is 12.0 Å². The Morgan fingerprint density at radius 1 is 1.00 bits per heavy atom. The lowest BCUT2D eigenvalue weighted by atomic mass is 10.1. The number of allylic oxidation sites excluding steroid dienone is 3. The van der Waals surface area contributed by atoms with E-state index in [0.717, 1.165) is 32.7 Å². The third kappa shape index (κ3) is 2.27. The van der Waals surface area contributed by atoms with Crippen LogP contribution in [-0.2, 0) is 4.74 Å². The molecule has 1 aromatic carbocycles. The fourth-order valence-corrected chi connectivity index (χ4v) is 2.41. The van der Waals surface area contributed by atoms with E-state index in [0.29, 0.717) is 0 Å². The molecule has 0 aromatic heterocycles. The first-order valence-electron chi connectivity index (χ1n) is 6.22. The normalized spacial score (nSPS) is 20.1. The fraction of sp³-hybridized carbons (Fsp3) is 0.333. The molecule has 1 aliphatic heterocycles. The van der Waals surface area contributed by atoms with E-state index < -0.39 is 0 Å². The molecule has 88 valence electrons. The Hall–Kier alpha value is -1.54. The third-order valence-corrected chi connectivity index (χ3v) is 3.37. The molecule has 0 radical (unpaired) electrons. The first-order valence-corrected chi connectivity index (χ1v) is 6.22. The SMILES string of the molecule is C1=C(c2ccccc2)CC=C1N1CCOCC1. The lowest BCUT2D eigenvalue weighted by molar-refractivity contribution is 0.0555. The zero-order valence-electron chi connectivity index (χ0n) is 9.93. The maximum atomic E-state index is 5.38. The van der Waals surface area contributed by atoms with Gasteiger partial charge in [0.05, 0.1) is 13.2 Å². The van der Waals surface area contributed by atoms with Crippen LogP contribution in [0.3, 0.4) is 0 Å². The number of ether oxygens (including phenoxy) is 1. The van der Waals surface area contributed by atoms with E-state index >= 15 is 0 Å². The van der Waals surface area contributed by atoms with E-state index in [1.807, 2.05) is 0 Å². The molecule has 17 heavy (non-hydrogen) atoms. The standard InChI is InChI=1S/C15H17NO/c1-2-4-13(5-3-1)14-6-7-15(12-14)16-8-10-17-11-9-16/h1-5,7,12H,6,8-11H2. The van der Waals surface area contributed by atoms with Crippen molar-refractivity contribution in [3.8, 4) is 0 Å². The van der Waals surface area contributed by atoms with Crippen molar-refractivity contribution in [1.29, 1.82) is 0 Å². The number of nitrogens with zero attached hydrogens (tertiary/aromatic N) is 1. The number of hydrogen-bond acceptors (Lipinski definition) is 2. The monoisotopic (exact) mass is 227 g/mol. The summed E-state index contributed by atoms with van der Waals surface area (Å²) in [6.07, 6.45) is 5.70. The van der Waals surface area contributed by atoms with Gasteiger partial charge in [0.25, 0.3) is 0 Å². The summed E-state index contributed by atoms with van der Waals surface area (Å²) in [5.41, 5.74) is 4.13. The van der Waals surface area contributed by atoms with Gasteiger partial charge >= 0.3 is 0 Å². The van der Waals surface area contributed by atoms with Crippen LogP contribution in [0.15, 0.2) is 48.2 Å². The smallest absolute Gasteiger partial charge is 0.0642 e. The molecule has 0 saturated carbocycles. The van der Waals surface area contributed by atoms with Crippen LogP contribution in [0, 0.1) is 0 Å². The minimum absolute atomic E-state index is 0.853. The second-order valence-corrected chi connectivity index (χ2v) is 4.47. The Labute approximate surface area is 102 Å². The molecule has 0 amide bonds. The van der Waals surface area contributed by atoms with Crippen LogP contribution < -0.4 is 0 Å². The second kappa shape index (κ2) is 4.76. The van der Waals surface area contributed by atoms with E-state index in [1.165, 1.54) is 16.8 Å². The van der Waals surface area contributed by atoms with Gasteiger partial charge < -0.3 is 9.64 Å². The van der Waals surface area contributed by atoms with Crippen molar-refractivity contribution in [2.45, 2.75) is 6.42 Å². The van der Waals surface area contributed by atoms with Gasteiger partial charge in [-0.25, -0.2) is 0 Å². The highest BCUT2D eigenvalue weighted by molar-refractivity contribution is 5.72. The minimum Gasteiger partial charge on any atom is -0.378 e. The lowest BCUT2D eigenvalue weighted by Gasteiger charge is -2.28. The Morgan fingerprint density at radius 2 is 1.76 bits per heavy atom. The van der Waals surface area contributed by atoms with Gasteiger partial charge in [0.1, 0.15) is 0 Å². The van der Waals surface area contributed by atoms with Crippen molar-refractivity contribution in [2.75, 3.05) is 26.3 Å². The van der Waals surface area contributed by atoms with E-state index in [1.54, 1.807) is 0 Å². The molecule has 1 saturated heterocycles. The number of benzene rings is 1. The van der Waals surface area contributed by atoms with E-state index in [4.69, 9.17) is 4.74 Å². The van der Waals surface area contributed by atoms with Crippen LogP contribution in [0.25, 0.3) is 5.57 Å². The minimum atomic E-state index is 0.853. The summed E-state index contributed by atoms with van der Waals surface area (Å²) in [4.78, 5) is 2.42. The average molecular weight is 227 g/mol. The lowest BCUT2D eigenvalue weighted by Crippen LogP contribution is -2.34. The molecule has 0 spiro atoms. The van der Waals surface area contributed by atoms with Gasteiger partial charge in [0, 0.05) is 18.8 Å². The van der Waals surface area contributed by atoms with Crippen molar-refractivity contribution in [2.24, 2.45) is 0 Å². The Bertz CT molecular complexity index is 441. The van der Waals surface area contributed by atoms with Crippen LogP contribution in [0.5, 0.6) is 0 Å². The summed E-state index contributed by atoms with van der Waals surface area (Å²) in [6, 6.07) is 10.6. The number of hydrogen-bond donors (Lipinski definition) is 0. The molecule has 1 aliphatic carbocycles. The summed E-state index contributed by atoms with van der Waals surface area (Å²) < 4.78 is 5.38. The molecule has 0 atom stereocenters.